The topological polar surface area (TPSA) is 64.6 Å². The molecule has 0 amide bonds. The summed E-state index contributed by atoms with van der Waals surface area (Å²) in [6.07, 6.45) is 0. The molecule has 1 aliphatic heterocycles. The Balaban J connectivity index is 0. The van der Waals surface area contributed by atoms with Gasteiger partial charge in [-0.05, 0) is 0 Å². The number of hydrogen-bond donors (Lipinski definition) is 0. The van der Waals surface area contributed by atoms with Crippen LogP contribution in [0.3, 0.4) is 0 Å². The third-order valence-electron chi connectivity index (χ3n) is 2.10. The average Bonchev–Trinajstić information content (AvgIpc) is 2.56. The maximum Gasteiger partial charge on any atom is 0.0701 e. The summed E-state index contributed by atoms with van der Waals surface area (Å²) >= 11 is 0. The van der Waals surface area contributed by atoms with Gasteiger partial charge in [0.2, 0.25) is 0 Å². The summed E-state index contributed by atoms with van der Waals surface area (Å²) in [5.74, 6) is 0. The van der Waals surface area contributed by atoms with Crippen molar-refractivity contribution in [3.63, 3.8) is 0 Å². The Kier molecular flexibility index (Phi) is 27.1. The molecule has 7 heteroatoms. The largest absolute Gasteiger partial charge is 0.382 e. The molecule has 130 valence electrons. The van der Waals surface area contributed by atoms with Gasteiger partial charge in [0.05, 0.1) is 66.1 Å². The van der Waals surface area contributed by atoms with Gasteiger partial charge in [0.1, 0.15) is 0 Å². The molecule has 1 aliphatic rings. The van der Waals surface area contributed by atoms with Crippen molar-refractivity contribution in [1.29, 1.82) is 0 Å². The van der Waals surface area contributed by atoms with Crippen LogP contribution >= 0.6 is 0 Å². The predicted molar refractivity (Wildman–Crippen MR) is 80.0 cm³/mol. The molecule has 1 rings (SSSR count). The molecule has 21 heavy (non-hydrogen) atoms. The monoisotopic (exact) mass is 312 g/mol. The molecule has 0 aliphatic carbocycles. The molecule has 0 atom stereocenters. The Labute approximate surface area is 128 Å². The highest BCUT2D eigenvalue weighted by atomic mass is 16.6. The summed E-state index contributed by atoms with van der Waals surface area (Å²) in [5, 5.41) is 0. The highest BCUT2D eigenvalue weighted by molar-refractivity contribution is 4.37. The molecule has 1 fully saturated rings. The first-order valence-corrected chi connectivity index (χ1v) is 7.02. The average molecular weight is 312 g/mol. The van der Waals surface area contributed by atoms with E-state index in [1.807, 2.05) is 0 Å². The van der Waals surface area contributed by atoms with Crippen LogP contribution in [0, 0.1) is 0 Å². The van der Waals surface area contributed by atoms with Gasteiger partial charge in [-0.15, -0.1) is 0 Å². The lowest BCUT2D eigenvalue weighted by Crippen LogP contribution is -2.16. The fourth-order valence-electron chi connectivity index (χ4n) is 0.993. The molecule has 1 heterocycles. The van der Waals surface area contributed by atoms with Gasteiger partial charge >= 0.3 is 0 Å². The predicted octanol–water partition coefficient (Wildman–Crippen LogP) is 0.608. The van der Waals surface area contributed by atoms with Crippen LogP contribution in [-0.4, -0.2) is 94.5 Å². The maximum atomic E-state index is 5.06. The summed E-state index contributed by atoms with van der Waals surface area (Å²) in [4.78, 5) is 0. The Hall–Kier alpha value is -0.280. The molecule has 0 aromatic carbocycles. The van der Waals surface area contributed by atoms with Crippen molar-refractivity contribution < 1.29 is 33.2 Å². The van der Waals surface area contributed by atoms with E-state index in [-0.39, 0.29) is 0 Å². The first-order chi connectivity index (χ1) is 10.3. The minimum Gasteiger partial charge on any atom is -0.382 e. The summed E-state index contributed by atoms with van der Waals surface area (Å²) in [6.45, 7) is 7.11. The van der Waals surface area contributed by atoms with Gasteiger partial charge in [0.15, 0.2) is 0 Å². The molecule has 0 saturated carbocycles. The van der Waals surface area contributed by atoms with E-state index in [4.69, 9.17) is 23.7 Å². The van der Waals surface area contributed by atoms with Crippen LogP contribution in [0.4, 0.5) is 0 Å². The lowest BCUT2D eigenvalue weighted by atomic mass is 10.6. The molecule has 0 aromatic heterocycles. The van der Waals surface area contributed by atoms with Crippen LogP contribution in [0.25, 0.3) is 0 Å². The van der Waals surface area contributed by atoms with E-state index in [1.54, 1.807) is 28.4 Å². The van der Waals surface area contributed by atoms with Gasteiger partial charge < -0.3 is 33.2 Å². The molecule has 1 saturated heterocycles. The normalized spacial score (nSPS) is 13.7. The van der Waals surface area contributed by atoms with Gasteiger partial charge in [0, 0.05) is 28.4 Å². The lowest BCUT2D eigenvalue weighted by molar-refractivity contribution is -0.0334. The number of methoxy groups -OCH3 is 4. The van der Waals surface area contributed by atoms with Crippen LogP contribution in [-0.2, 0) is 33.2 Å². The first-order valence-electron chi connectivity index (χ1n) is 7.02. The zero-order valence-electron chi connectivity index (χ0n) is 13.9. The molecule has 0 N–H and O–H groups in total. The minimum absolute atomic E-state index is 0.653. The van der Waals surface area contributed by atoms with Crippen LogP contribution in [0.1, 0.15) is 0 Å². The van der Waals surface area contributed by atoms with Gasteiger partial charge in [-0.2, -0.15) is 0 Å². The van der Waals surface area contributed by atoms with E-state index >= 15 is 0 Å². The first kappa shape index (κ1) is 23.0. The van der Waals surface area contributed by atoms with Crippen molar-refractivity contribution in [1.82, 2.24) is 0 Å². The third-order valence-corrected chi connectivity index (χ3v) is 2.10. The molecule has 0 unspecified atom stereocenters. The van der Waals surface area contributed by atoms with Gasteiger partial charge in [-0.3, -0.25) is 0 Å². The van der Waals surface area contributed by atoms with E-state index in [0.29, 0.717) is 39.6 Å². The molecule has 0 bridgehead atoms. The van der Waals surface area contributed by atoms with E-state index < -0.39 is 0 Å². The summed E-state index contributed by atoms with van der Waals surface area (Å²) in [6, 6.07) is 0. The van der Waals surface area contributed by atoms with Crippen molar-refractivity contribution in [2.75, 3.05) is 94.5 Å². The molecular formula is C14H32O7. The van der Waals surface area contributed by atoms with Gasteiger partial charge in [-0.25, -0.2) is 0 Å². The fourth-order valence-corrected chi connectivity index (χ4v) is 0.993. The zero-order valence-corrected chi connectivity index (χ0v) is 13.9. The molecule has 0 aromatic rings. The second-order valence-electron chi connectivity index (χ2n) is 3.81. The Morgan fingerprint density at radius 2 is 0.810 bits per heavy atom. The summed E-state index contributed by atoms with van der Waals surface area (Å²) in [7, 11) is 6.61. The van der Waals surface area contributed by atoms with Gasteiger partial charge in [0.25, 0.3) is 0 Å². The molecular weight excluding hydrogens is 280 g/mol. The number of hydrogen-bond acceptors (Lipinski definition) is 7. The standard InChI is InChI=1S/C6H14O3.C4H8O2.C4H10O2/c1-7-3-5-9-6-4-8-2;1-2-6-4-3-5-1;1-5-3-4-6-2/h3-6H2,1-2H3;1-4H2;3-4H2,1-2H3. The van der Waals surface area contributed by atoms with Crippen LogP contribution in [0.5, 0.6) is 0 Å². The summed E-state index contributed by atoms with van der Waals surface area (Å²) < 4.78 is 33.8. The van der Waals surface area contributed by atoms with Crippen LogP contribution < -0.4 is 0 Å². The van der Waals surface area contributed by atoms with Gasteiger partial charge in [-0.1, -0.05) is 0 Å². The third kappa shape index (κ3) is 28.6. The second kappa shape index (κ2) is 24.7. The fraction of sp³-hybridized carbons (Fsp3) is 1.00. The Bertz CT molecular complexity index is 133. The van der Waals surface area contributed by atoms with E-state index in [9.17, 15) is 0 Å². The molecule has 0 spiro atoms. The highest BCUT2D eigenvalue weighted by Gasteiger charge is 1.94. The maximum absolute atomic E-state index is 5.06. The van der Waals surface area contributed by atoms with Crippen LogP contribution in [0.15, 0.2) is 0 Å². The second-order valence-corrected chi connectivity index (χ2v) is 3.81. The van der Waals surface area contributed by atoms with Crippen molar-refractivity contribution in [3.05, 3.63) is 0 Å². The number of rotatable bonds is 9. The molecule has 0 radical (unpaired) electrons. The van der Waals surface area contributed by atoms with Crippen molar-refractivity contribution in [3.8, 4) is 0 Å². The lowest BCUT2D eigenvalue weighted by Gasteiger charge is -2.09. The SMILES string of the molecule is C1COCCO1.COCCOC.COCCOCCOC. The summed E-state index contributed by atoms with van der Waals surface area (Å²) in [5.41, 5.74) is 0. The van der Waals surface area contributed by atoms with Crippen molar-refractivity contribution in [2.24, 2.45) is 0 Å². The highest BCUT2D eigenvalue weighted by Crippen LogP contribution is 1.85. The van der Waals surface area contributed by atoms with Crippen molar-refractivity contribution in [2.45, 2.75) is 0 Å². The Morgan fingerprint density at radius 3 is 1.05 bits per heavy atom. The number of ether oxygens (including phenoxy) is 7. The minimum atomic E-state index is 0.653. The van der Waals surface area contributed by atoms with E-state index in [1.165, 1.54) is 0 Å². The van der Waals surface area contributed by atoms with E-state index in [2.05, 4.69) is 9.47 Å². The van der Waals surface area contributed by atoms with E-state index in [0.717, 1.165) is 26.4 Å². The zero-order chi connectivity index (χ0) is 16.0. The van der Waals surface area contributed by atoms with Crippen molar-refractivity contribution >= 4 is 0 Å². The smallest absolute Gasteiger partial charge is 0.0701 e. The quantitative estimate of drug-likeness (QED) is 0.578. The molecule has 7 nitrogen and oxygen atoms in total. The Morgan fingerprint density at radius 1 is 0.524 bits per heavy atom. The van der Waals surface area contributed by atoms with Crippen LogP contribution in [0.2, 0.25) is 0 Å².